The van der Waals surface area contributed by atoms with Gasteiger partial charge in [0.25, 0.3) is 0 Å². The number of hydrogen-bond donors (Lipinski definition) is 1. The molecule has 3 nitrogen and oxygen atoms in total. The van der Waals surface area contributed by atoms with Crippen molar-refractivity contribution in [2.24, 2.45) is 5.92 Å². The van der Waals surface area contributed by atoms with Crippen LogP contribution < -0.4 is 0 Å². The number of imidazole rings is 1. The van der Waals surface area contributed by atoms with Crippen LogP contribution in [0, 0.1) is 12.8 Å². The molecular weight excluding hydrogens is 234 g/mol. The van der Waals surface area contributed by atoms with Crippen molar-refractivity contribution in [3.63, 3.8) is 0 Å². The summed E-state index contributed by atoms with van der Waals surface area (Å²) in [5, 5.41) is 0. The minimum atomic E-state index is 0.575. The number of aryl methyl sites for hydroxylation is 1. The van der Waals surface area contributed by atoms with Crippen LogP contribution in [0.3, 0.4) is 0 Å². The summed E-state index contributed by atoms with van der Waals surface area (Å²) in [5.74, 6) is 2.50. The van der Waals surface area contributed by atoms with E-state index in [4.69, 9.17) is 4.98 Å². The van der Waals surface area contributed by atoms with Crippen LogP contribution in [-0.2, 0) is 0 Å². The molecule has 1 unspecified atom stereocenters. The third kappa shape index (κ3) is 2.66. The first kappa shape index (κ1) is 12.7. The normalized spacial score (nSPS) is 20.7. The van der Waals surface area contributed by atoms with Crippen LogP contribution in [0.4, 0.5) is 0 Å². The van der Waals surface area contributed by atoms with Gasteiger partial charge in [0.2, 0.25) is 0 Å². The zero-order chi connectivity index (χ0) is 13.4. The molecule has 19 heavy (non-hydrogen) atoms. The molecule has 3 heteroatoms. The molecule has 0 radical (unpaired) electrons. The van der Waals surface area contributed by atoms with E-state index < -0.39 is 0 Å². The van der Waals surface area contributed by atoms with Crippen LogP contribution in [0.1, 0.15) is 37.6 Å². The first-order chi connectivity index (χ1) is 9.11. The number of likely N-dealkylation sites (tertiary alicyclic amines) is 1. The Balaban J connectivity index is 1.78. The van der Waals surface area contributed by atoms with Gasteiger partial charge >= 0.3 is 0 Å². The van der Waals surface area contributed by atoms with Crippen molar-refractivity contribution in [2.75, 3.05) is 19.6 Å². The first-order valence-electron chi connectivity index (χ1n) is 7.30. The lowest BCUT2D eigenvalue weighted by Gasteiger charge is -2.17. The average Bonchev–Trinajstić information content (AvgIpc) is 2.93. The standard InChI is InChI=1S/C16H23N3/c1-11(2)9-19-7-6-13(10-19)16-17-14-5-4-12(3)8-15(14)18-16/h4-5,8,11,13H,6-7,9-10H2,1-3H3,(H,17,18). The Kier molecular flexibility index (Phi) is 3.31. The van der Waals surface area contributed by atoms with Gasteiger partial charge in [0.05, 0.1) is 11.0 Å². The van der Waals surface area contributed by atoms with Gasteiger partial charge in [0, 0.05) is 19.0 Å². The number of hydrogen-bond acceptors (Lipinski definition) is 2. The lowest BCUT2D eigenvalue weighted by molar-refractivity contribution is 0.294. The molecule has 102 valence electrons. The van der Waals surface area contributed by atoms with Crippen molar-refractivity contribution in [3.8, 4) is 0 Å². The van der Waals surface area contributed by atoms with Gasteiger partial charge in [-0.3, -0.25) is 0 Å². The van der Waals surface area contributed by atoms with Gasteiger partial charge in [0.15, 0.2) is 0 Å². The van der Waals surface area contributed by atoms with E-state index in [0.29, 0.717) is 5.92 Å². The summed E-state index contributed by atoms with van der Waals surface area (Å²) in [4.78, 5) is 10.8. The van der Waals surface area contributed by atoms with E-state index >= 15 is 0 Å². The van der Waals surface area contributed by atoms with Crippen LogP contribution in [-0.4, -0.2) is 34.5 Å². The summed E-state index contributed by atoms with van der Waals surface area (Å²) in [5.41, 5.74) is 3.57. The fraction of sp³-hybridized carbons (Fsp3) is 0.562. The number of H-pyrrole nitrogens is 1. The van der Waals surface area contributed by atoms with Gasteiger partial charge in [-0.1, -0.05) is 19.9 Å². The van der Waals surface area contributed by atoms with E-state index in [-0.39, 0.29) is 0 Å². The number of aromatic amines is 1. The van der Waals surface area contributed by atoms with E-state index in [1.54, 1.807) is 0 Å². The highest BCUT2D eigenvalue weighted by Crippen LogP contribution is 2.27. The minimum absolute atomic E-state index is 0.575. The quantitative estimate of drug-likeness (QED) is 0.914. The molecule has 1 N–H and O–H groups in total. The van der Waals surface area contributed by atoms with Gasteiger partial charge in [-0.05, 0) is 43.5 Å². The lowest BCUT2D eigenvalue weighted by atomic mass is 10.1. The second-order valence-corrected chi connectivity index (χ2v) is 6.28. The van der Waals surface area contributed by atoms with Gasteiger partial charge in [-0.15, -0.1) is 0 Å². The molecular formula is C16H23N3. The fourth-order valence-corrected chi connectivity index (χ4v) is 3.07. The summed E-state index contributed by atoms with van der Waals surface area (Å²) in [6, 6.07) is 6.44. The molecule has 0 saturated carbocycles. The average molecular weight is 257 g/mol. The molecule has 1 aliphatic heterocycles. The highest BCUT2D eigenvalue weighted by molar-refractivity contribution is 5.75. The minimum Gasteiger partial charge on any atom is -0.342 e. The monoisotopic (exact) mass is 257 g/mol. The molecule has 1 aromatic heterocycles. The van der Waals surface area contributed by atoms with Crippen molar-refractivity contribution in [2.45, 2.75) is 33.1 Å². The van der Waals surface area contributed by atoms with Crippen molar-refractivity contribution in [1.29, 1.82) is 0 Å². The molecule has 0 aliphatic carbocycles. The van der Waals surface area contributed by atoms with E-state index in [1.165, 1.54) is 36.4 Å². The molecule has 1 aromatic carbocycles. The van der Waals surface area contributed by atoms with E-state index in [2.05, 4.69) is 48.9 Å². The Morgan fingerprint density at radius 1 is 1.42 bits per heavy atom. The maximum atomic E-state index is 4.77. The second-order valence-electron chi connectivity index (χ2n) is 6.28. The zero-order valence-electron chi connectivity index (χ0n) is 12.1. The second kappa shape index (κ2) is 4.97. The van der Waals surface area contributed by atoms with Crippen LogP contribution in [0.5, 0.6) is 0 Å². The third-order valence-electron chi connectivity index (χ3n) is 3.94. The summed E-state index contributed by atoms with van der Waals surface area (Å²) >= 11 is 0. The molecule has 0 amide bonds. The fourth-order valence-electron chi connectivity index (χ4n) is 3.07. The maximum Gasteiger partial charge on any atom is 0.111 e. The third-order valence-corrected chi connectivity index (χ3v) is 3.94. The Morgan fingerprint density at radius 3 is 3.05 bits per heavy atom. The first-order valence-corrected chi connectivity index (χ1v) is 7.30. The van der Waals surface area contributed by atoms with Crippen LogP contribution in [0.2, 0.25) is 0 Å². The van der Waals surface area contributed by atoms with Crippen molar-refractivity contribution in [3.05, 3.63) is 29.6 Å². The predicted molar refractivity (Wildman–Crippen MR) is 79.5 cm³/mol. The molecule has 2 aromatic rings. The molecule has 1 aliphatic rings. The topological polar surface area (TPSA) is 31.9 Å². The SMILES string of the molecule is Cc1ccc2nc(C3CCN(CC(C)C)C3)[nH]c2c1. The molecule has 3 rings (SSSR count). The number of nitrogens with one attached hydrogen (secondary N) is 1. The predicted octanol–water partition coefficient (Wildman–Crippen LogP) is 3.32. The summed E-state index contributed by atoms with van der Waals surface area (Å²) < 4.78 is 0. The molecule has 0 bridgehead atoms. The van der Waals surface area contributed by atoms with E-state index in [9.17, 15) is 0 Å². The highest BCUT2D eigenvalue weighted by Gasteiger charge is 2.26. The Hall–Kier alpha value is -1.35. The summed E-state index contributed by atoms with van der Waals surface area (Å²) in [6.45, 7) is 10.3. The zero-order valence-corrected chi connectivity index (χ0v) is 12.1. The van der Waals surface area contributed by atoms with Crippen molar-refractivity contribution >= 4 is 11.0 Å². The number of fused-ring (bicyclic) bond motifs is 1. The van der Waals surface area contributed by atoms with Gasteiger partial charge < -0.3 is 9.88 Å². The lowest BCUT2D eigenvalue weighted by Crippen LogP contribution is -2.25. The largest absolute Gasteiger partial charge is 0.342 e. The van der Waals surface area contributed by atoms with Crippen LogP contribution in [0.25, 0.3) is 11.0 Å². The van der Waals surface area contributed by atoms with Crippen molar-refractivity contribution < 1.29 is 0 Å². The number of aromatic nitrogens is 2. The molecule has 1 saturated heterocycles. The Bertz CT molecular complexity index is 570. The van der Waals surface area contributed by atoms with Crippen LogP contribution in [0.15, 0.2) is 18.2 Å². The summed E-state index contributed by atoms with van der Waals surface area (Å²) in [6.07, 6.45) is 1.23. The number of rotatable bonds is 3. The van der Waals surface area contributed by atoms with Crippen molar-refractivity contribution in [1.82, 2.24) is 14.9 Å². The Labute approximate surface area is 115 Å². The van der Waals surface area contributed by atoms with Gasteiger partial charge in [-0.25, -0.2) is 4.98 Å². The molecule has 1 atom stereocenters. The van der Waals surface area contributed by atoms with Gasteiger partial charge in [0.1, 0.15) is 5.82 Å². The Morgan fingerprint density at radius 2 is 2.26 bits per heavy atom. The summed E-state index contributed by atoms with van der Waals surface area (Å²) in [7, 11) is 0. The smallest absolute Gasteiger partial charge is 0.111 e. The highest BCUT2D eigenvalue weighted by atomic mass is 15.2. The van der Waals surface area contributed by atoms with E-state index in [0.717, 1.165) is 18.0 Å². The van der Waals surface area contributed by atoms with Gasteiger partial charge in [-0.2, -0.15) is 0 Å². The van der Waals surface area contributed by atoms with Crippen LogP contribution >= 0.6 is 0 Å². The molecule has 1 fully saturated rings. The molecule has 2 heterocycles. The number of nitrogens with zero attached hydrogens (tertiary/aromatic N) is 2. The number of benzene rings is 1. The maximum absolute atomic E-state index is 4.77. The van der Waals surface area contributed by atoms with E-state index in [1.807, 2.05) is 0 Å². The molecule has 0 spiro atoms.